The number of thioether (sulfide) groups is 1. The van der Waals surface area contributed by atoms with Gasteiger partial charge in [-0.1, -0.05) is 26.0 Å². The molecule has 0 N–H and O–H groups in total. The van der Waals surface area contributed by atoms with Crippen molar-refractivity contribution in [3.8, 4) is 10.6 Å². The molecule has 1 nitrogen and oxygen atoms in total. The molecule has 0 amide bonds. The third-order valence-electron chi connectivity index (χ3n) is 2.50. The van der Waals surface area contributed by atoms with Crippen LogP contribution in [0.25, 0.3) is 10.6 Å². The van der Waals surface area contributed by atoms with Crippen molar-refractivity contribution in [3.05, 3.63) is 34.8 Å². The number of hydrogen-bond acceptors (Lipinski definition) is 3. The predicted molar refractivity (Wildman–Crippen MR) is 78.0 cm³/mol. The first-order chi connectivity index (χ1) is 8.06. The second-order valence-corrected chi connectivity index (χ2v) is 7.20. The Bertz CT molecular complexity index is 478. The number of aromatic nitrogens is 1. The van der Waals surface area contributed by atoms with Gasteiger partial charge in [-0.05, 0) is 26.0 Å². The molecule has 3 heteroatoms. The number of hydrogen-bond donors (Lipinski definition) is 0. The molecule has 1 aromatic heterocycles. The monoisotopic (exact) mass is 263 g/mol. The summed E-state index contributed by atoms with van der Waals surface area (Å²) in [6, 6.07) is 8.71. The van der Waals surface area contributed by atoms with Crippen LogP contribution in [0.5, 0.6) is 0 Å². The summed E-state index contributed by atoms with van der Waals surface area (Å²) in [6.07, 6.45) is 0. The van der Waals surface area contributed by atoms with Crippen molar-refractivity contribution in [2.75, 3.05) is 0 Å². The Labute approximate surface area is 111 Å². The molecule has 1 aromatic carbocycles. The SMILES string of the molecule is Cc1nc(-c2ccc(SC(C)C)cc2)sc1C. The molecule has 17 heavy (non-hydrogen) atoms. The number of thiazole rings is 1. The minimum atomic E-state index is 0.630. The van der Waals surface area contributed by atoms with Gasteiger partial charge in [0.25, 0.3) is 0 Å². The maximum absolute atomic E-state index is 4.58. The molecule has 0 saturated heterocycles. The Hall–Kier alpha value is -0.800. The van der Waals surface area contributed by atoms with E-state index in [4.69, 9.17) is 0 Å². The van der Waals surface area contributed by atoms with Crippen molar-refractivity contribution in [2.24, 2.45) is 0 Å². The summed E-state index contributed by atoms with van der Waals surface area (Å²) < 4.78 is 0. The molecule has 0 radical (unpaired) electrons. The molecule has 0 aliphatic heterocycles. The van der Waals surface area contributed by atoms with Crippen molar-refractivity contribution in [1.82, 2.24) is 4.98 Å². The third-order valence-corrected chi connectivity index (χ3v) is 4.64. The number of nitrogens with zero attached hydrogens (tertiary/aromatic N) is 1. The zero-order valence-corrected chi connectivity index (χ0v) is 12.3. The first kappa shape index (κ1) is 12.7. The standard InChI is InChI=1S/C14H17NS2/c1-9(2)16-13-7-5-12(6-8-13)14-15-10(3)11(4)17-14/h5-9H,1-4H3. The van der Waals surface area contributed by atoms with Crippen LogP contribution < -0.4 is 0 Å². The summed E-state index contributed by atoms with van der Waals surface area (Å²) in [4.78, 5) is 7.22. The van der Waals surface area contributed by atoms with Crippen molar-refractivity contribution in [2.45, 2.75) is 37.8 Å². The summed E-state index contributed by atoms with van der Waals surface area (Å²) in [6.45, 7) is 8.62. The molecule has 0 aliphatic rings. The maximum Gasteiger partial charge on any atom is 0.123 e. The second kappa shape index (κ2) is 5.23. The number of aryl methyl sites for hydroxylation is 2. The number of benzene rings is 1. The van der Waals surface area contributed by atoms with E-state index in [1.807, 2.05) is 11.8 Å². The van der Waals surface area contributed by atoms with Gasteiger partial charge in [0, 0.05) is 20.6 Å². The second-order valence-electron chi connectivity index (χ2n) is 4.35. The summed E-state index contributed by atoms with van der Waals surface area (Å²) in [5.74, 6) is 0. The smallest absolute Gasteiger partial charge is 0.123 e. The van der Waals surface area contributed by atoms with Gasteiger partial charge < -0.3 is 0 Å². The normalized spacial score (nSPS) is 11.1. The number of rotatable bonds is 3. The van der Waals surface area contributed by atoms with E-state index in [9.17, 15) is 0 Å². The predicted octanol–water partition coefficient (Wildman–Crippen LogP) is 4.93. The molecule has 0 unspecified atom stereocenters. The van der Waals surface area contributed by atoms with Crippen molar-refractivity contribution >= 4 is 23.1 Å². The van der Waals surface area contributed by atoms with Gasteiger partial charge in [0.15, 0.2) is 0 Å². The van der Waals surface area contributed by atoms with Gasteiger partial charge in [0.1, 0.15) is 5.01 Å². The lowest BCUT2D eigenvalue weighted by molar-refractivity contribution is 1.11. The van der Waals surface area contributed by atoms with Gasteiger partial charge in [0.2, 0.25) is 0 Å². The molecular weight excluding hydrogens is 246 g/mol. The Morgan fingerprint density at radius 3 is 2.24 bits per heavy atom. The highest BCUT2D eigenvalue weighted by Gasteiger charge is 2.06. The van der Waals surface area contributed by atoms with Gasteiger partial charge in [-0.15, -0.1) is 23.1 Å². The summed E-state index contributed by atoms with van der Waals surface area (Å²) >= 11 is 3.66. The first-order valence-corrected chi connectivity index (χ1v) is 7.47. The lowest BCUT2D eigenvalue weighted by atomic mass is 10.2. The molecule has 0 aliphatic carbocycles. The Kier molecular flexibility index (Phi) is 3.89. The van der Waals surface area contributed by atoms with Crippen LogP contribution in [0.1, 0.15) is 24.4 Å². The van der Waals surface area contributed by atoms with Crippen LogP contribution in [-0.2, 0) is 0 Å². The van der Waals surface area contributed by atoms with E-state index in [1.165, 1.54) is 15.3 Å². The largest absolute Gasteiger partial charge is 0.241 e. The van der Waals surface area contributed by atoms with Crippen LogP contribution in [0.15, 0.2) is 29.2 Å². The van der Waals surface area contributed by atoms with Gasteiger partial charge in [-0.3, -0.25) is 0 Å². The molecule has 2 rings (SSSR count). The summed E-state index contributed by atoms with van der Waals surface area (Å²) in [7, 11) is 0. The molecule has 2 aromatic rings. The topological polar surface area (TPSA) is 12.9 Å². The minimum absolute atomic E-state index is 0.630. The van der Waals surface area contributed by atoms with E-state index in [2.05, 4.69) is 56.9 Å². The molecule has 0 spiro atoms. The van der Waals surface area contributed by atoms with E-state index < -0.39 is 0 Å². The molecule has 0 saturated carbocycles. The zero-order chi connectivity index (χ0) is 12.4. The van der Waals surface area contributed by atoms with Crippen molar-refractivity contribution in [3.63, 3.8) is 0 Å². The third kappa shape index (κ3) is 3.11. The highest BCUT2D eigenvalue weighted by Crippen LogP contribution is 2.30. The summed E-state index contributed by atoms with van der Waals surface area (Å²) in [5.41, 5.74) is 2.37. The highest BCUT2D eigenvalue weighted by atomic mass is 32.2. The maximum atomic E-state index is 4.58. The van der Waals surface area contributed by atoms with E-state index in [-0.39, 0.29) is 0 Å². The fraction of sp³-hybridized carbons (Fsp3) is 0.357. The van der Waals surface area contributed by atoms with Crippen LogP contribution >= 0.6 is 23.1 Å². The fourth-order valence-electron chi connectivity index (χ4n) is 1.54. The Morgan fingerprint density at radius 2 is 1.76 bits per heavy atom. The fourth-order valence-corrected chi connectivity index (χ4v) is 3.30. The van der Waals surface area contributed by atoms with Crippen molar-refractivity contribution < 1.29 is 0 Å². The van der Waals surface area contributed by atoms with Gasteiger partial charge >= 0.3 is 0 Å². The van der Waals surface area contributed by atoms with E-state index in [1.54, 1.807) is 11.3 Å². The zero-order valence-electron chi connectivity index (χ0n) is 10.7. The van der Waals surface area contributed by atoms with Crippen LogP contribution in [0.3, 0.4) is 0 Å². The van der Waals surface area contributed by atoms with E-state index in [0.29, 0.717) is 5.25 Å². The molecular formula is C14H17NS2. The minimum Gasteiger partial charge on any atom is -0.241 e. The average Bonchev–Trinajstić information content (AvgIpc) is 2.59. The van der Waals surface area contributed by atoms with Crippen LogP contribution in [-0.4, -0.2) is 10.2 Å². The average molecular weight is 263 g/mol. The molecule has 1 heterocycles. The molecule has 0 atom stereocenters. The Balaban J connectivity index is 2.23. The van der Waals surface area contributed by atoms with Crippen LogP contribution in [0.2, 0.25) is 0 Å². The molecule has 0 fully saturated rings. The molecule has 0 bridgehead atoms. The lowest BCUT2D eigenvalue weighted by Crippen LogP contribution is -1.85. The Morgan fingerprint density at radius 1 is 1.12 bits per heavy atom. The van der Waals surface area contributed by atoms with E-state index in [0.717, 1.165) is 10.7 Å². The van der Waals surface area contributed by atoms with Crippen LogP contribution in [0, 0.1) is 13.8 Å². The van der Waals surface area contributed by atoms with Gasteiger partial charge in [0.05, 0.1) is 5.69 Å². The van der Waals surface area contributed by atoms with Gasteiger partial charge in [-0.2, -0.15) is 0 Å². The van der Waals surface area contributed by atoms with Gasteiger partial charge in [-0.25, -0.2) is 4.98 Å². The first-order valence-electron chi connectivity index (χ1n) is 5.77. The summed E-state index contributed by atoms with van der Waals surface area (Å²) in [5, 5.41) is 1.76. The van der Waals surface area contributed by atoms with E-state index >= 15 is 0 Å². The lowest BCUT2D eigenvalue weighted by Gasteiger charge is -2.04. The quantitative estimate of drug-likeness (QED) is 0.728. The highest BCUT2D eigenvalue weighted by molar-refractivity contribution is 7.99. The van der Waals surface area contributed by atoms with Crippen molar-refractivity contribution in [1.29, 1.82) is 0 Å². The van der Waals surface area contributed by atoms with Crippen LogP contribution in [0.4, 0.5) is 0 Å². The molecule has 90 valence electrons.